The number of rotatable bonds is 8. The van der Waals surface area contributed by atoms with E-state index in [4.69, 9.17) is 0 Å². The van der Waals surface area contributed by atoms with Gasteiger partial charge in [0.2, 0.25) is 0 Å². The maximum absolute atomic E-state index is 2.52. The van der Waals surface area contributed by atoms with E-state index >= 15 is 0 Å². The van der Waals surface area contributed by atoms with Crippen LogP contribution in [-0.4, -0.2) is 4.57 Å². The molecule has 1 spiro atoms. The number of nitrogens with zero attached hydrogens (tertiary/aromatic N) is 3. The van der Waals surface area contributed by atoms with Crippen LogP contribution < -0.4 is 9.80 Å². The fourth-order valence-electron chi connectivity index (χ4n) is 12.3. The first-order valence-corrected chi connectivity index (χ1v) is 24.9. The Balaban J connectivity index is 1.03. The lowest BCUT2D eigenvalue weighted by atomic mass is 9.69. The molecule has 14 rings (SSSR count). The van der Waals surface area contributed by atoms with Gasteiger partial charge in [0, 0.05) is 50.6 Å². The Kier molecular flexibility index (Phi) is 9.47. The van der Waals surface area contributed by atoms with Crippen molar-refractivity contribution in [2.24, 2.45) is 0 Å². The molecule has 0 radical (unpaired) electrons. The van der Waals surface area contributed by atoms with Crippen molar-refractivity contribution in [1.82, 2.24) is 4.57 Å². The maximum Gasteiger partial charge on any atom is 0.0722 e. The van der Waals surface area contributed by atoms with Crippen molar-refractivity contribution < 1.29 is 0 Å². The Bertz CT molecular complexity index is 3940. The number of aryl methyl sites for hydroxylation is 1. The maximum atomic E-state index is 2.52. The molecule has 71 heavy (non-hydrogen) atoms. The first-order chi connectivity index (χ1) is 35.1. The van der Waals surface area contributed by atoms with Crippen LogP contribution in [0, 0.1) is 6.92 Å². The monoisotopic (exact) mass is 907 g/mol. The molecule has 0 fully saturated rings. The molecule has 0 saturated carbocycles. The molecule has 3 heteroatoms. The normalized spacial score (nSPS) is 15.2. The van der Waals surface area contributed by atoms with Gasteiger partial charge in [-0.25, -0.2) is 0 Å². The topological polar surface area (TPSA) is 11.4 Å². The van der Waals surface area contributed by atoms with Crippen LogP contribution in [0.3, 0.4) is 0 Å². The van der Waals surface area contributed by atoms with E-state index < -0.39 is 5.41 Å². The highest BCUT2D eigenvalue weighted by molar-refractivity contribution is 6.10. The summed E-state index contributed by atoms with van der Waals surface area (Å²) >= 11 is 0. The minimum absolute atomic E-state index is 0.427. The van der Waals surface area contributed by atoms with E-state index in [1.807, 2.05) is 0 Å². The molecule has 0 aliphatic heterocycles. The summed E-state index contributed by atoms with van der Waals surface area (Å²) in [6.45, 7) is 2.16. The third-order valence-corrected chi connectivity index (χ3v) is 15.3. The summed E-state index contributed by atoms with van der Waals surface area (Å²) in [6.07, 6.45) is 6.94. The van der Waals surface area contributed by atoms with Gasteiger partial charge in [-0.1, -0.05) is 163 Å². The van der Waals surface area contributed by atoms with Crippen molar-refractivity contribution in [1.29, 1.82) is 0 Å². The molecule has 10 aromatic carbocycles. The van der Waals surface area contributed by atoms with Crippen LogP contribution in [0.15, 0.2) is 260 Å². The third-order valence-electron chi connectivity index (χ3n) is 15.3. The highest BCUT2D eigenvalue weighted by atomic mass is 15.2. The molecule has 3 nitrogen and oxygen atoms in total. The molecular formula is C68H49N3. The standard InChI is InChI=1S/C68H49N3/c1-46-33-36-52(37-34-46)69(49-19-5-2-6-20-49)54-41-48(47-35-40-67-61(43-47)60-28-14-18-32-66(60)71(67)51-23-9-4-10-24-51)42-55(44-54)70(50-21-7-3-8-22-50)53-38-39-59-58-27-13-17-31-64(58)68(65(59)45-53)62-29-15-11-25-56(62)57-26-12-16-30-63(57)68/h2-11,13-25,27-45H,12,26H2,1H3. The van der Waals surface area contributed by atoms with Gasteiger partial charge in [0.05, 0.1) is 16.4 Å². The molecule has 0 amide bonds. The van der Waals surface area contributed by atoms with Gasteiger partial charge >= 0.3 is 0 Å². The molecule has 0 N–H and O–H groups in total. The van der Waals surface area contributed by atoms with Gasteiger partial charge < -0.3 is 14.4 Å². The predicted molar refractivity (Wildman–Crippen MR) is 297 cm³/mol. The highest BCUT2D eigenvalue weighted by Gasteiger charge is 2.52. The fourth-order valence-corrected chi connectivity index (χ4v) is 12.3. The van der Waals surface area contributed by atoms with E-state index in [-0.39, 0.29) is 0 Å². The minimum atomic E-state index is -0.427. The highest BCUT2D eigenvalue weighted by Crippen LogP contribution is 2.64. The molecule has 0 bridgehead atoms. The van der Waals surface area contributed by atoms with Crippen molar-refractivity contribution in [3.8, 4) is 27.9 Å². The predicted octanol–water partition coefficient (Wildman–Crippen LogP) is 18.1. The fraction of sp³-hybridized carbons (Fsp3) is 0.0588. The number of hydrogen-bond donors (Lipinski definition) is 0. The van der Waals surface area contributed by atoms with Gasteiger partial charge in [-0.05, 0) is 172 Å². The summed E-state index contributed by atoms with van der Waals surface area (Å²) in [5.74, 6) is 0. The zero-order valence-electron chi connectivity index (χ0n) is 39.5. The van der Waals surface area contributed by atoms with E-state index in [9.17, 15) is 0 Å². The van der Waals surface area contributed by atoms with Crippen molar-refractivity contribution >= 4 is 61.5 Å². The van der Waals surface area contributed by atoms with E-state index in [1.165, 1.54) is 71.9 Å². The first kappa shape index (κ1) is 41.1. The van der Waals surface area contributed by atoms with Gasteiger partial charge in [-0.3, -0.25) is 0 Å². The third kappa shape index (κ3) is 6.36. The molecule has 3 aliphatic rings. The molecule has 3 aliphatic carbocycles. The van der Waals surface area contributed by atoms with E-state index in [0.717, 1.165) is 63.8 Å². The number of anilines is 6. The van der Waals surface area contributed by atoms with Crippen LogP contribution in [0.25, 0.3) is 55.3 Å². The van der Waals surface area contributed by atoms with Crippen molar-refractivity contribution in [3.05, 3.63) is 288 Å². The number of aromatic nitrogens is 1. The lowest BCUT2D eigenvalue weighted by Crippen LogP contribution is -2.27. The zero-order valence-corrected chi connectivity index (χ0v) is 39.5. The van der Waals surface area contributed by atoms with Crippen LogP contribution in [0.4, 0.5) is 34.1 Å². The SMILES string of the molecule is Cc1ccc(N(c2ccccc2)c2cc(-c3ccc4c(c3)c3ccccc3n4-c3ccccc3)cc(N(c3ccccc3)c3ccc4c(c3)C3(C5=C(CCC=C5)c5ccccc53)c3ccccc3-4)c2)cc1. The van der Waals surface area contributed by atoms with Crippen molar-refractivity contribution in [2.45, 2.75) is 25.2 Å². The van der Waals surface area contributed by atoms with Crippen LogP contribution in [0.1, 0.15) is 40.7 Å². The van der Waals surface area contributed by atoms with E-state index in [1.54, 1.807) is 0 Å². The Hall–Kier alpha value is -8.92. The summed E-state index contributed by atoms with van der Waals surface area (Å²) in [4.78, 5) is 4.89. The second-order valence-electron chi connectivity index (χ2n) is 19.2. The Morgan fingerprint density at radius 3 is 1.69 bits per heavy atom. The number of fused-ring (bicyclic) bond motifs is 12. The molecular weight excluding hydrogens is 859 g/mol. The Labute approximate surface area is 415 Å². The van der Waals surface area contributed by atoms with Crippen molar-refractivity contribution in [2.75, 3.05) is 9.80 Å². The largest absolute Gasteiger partial charge is 0.310 e. The number of allylic oxidation sites excluding steroid dienone is 4. The van der Waals surface area contributed by atoms with Gasteiger partial charge in [-0.2, -0.15) is 0 Å². The number of hydrogen-bond acceptors (Lipinski definition) is 2. The molecule has 1 aromatic heterocycles. The molecule has 11 aromatic rings. The van der Waals surface area contributed by atoms with Crippen LogP contribution >= 0.6 is 0 Å². The quantitative estimate of drug-likeness (QED) is 0.150. The summed E-state index contributed by atoms with van der Waals surface area (Å²) in [5.41, 5.74) is 24.1. The lowest BCUT2D eigenvalue weighted by Gasteiger charge is -2.34. The van der Waals surface area contributed by atoms with Crippen LogP contribution in [-0.2, 0) is 5.41 Å². The summed E-state index contributed by atoms with van der Waals surface area (Å²) in [6, 6.07) is 90.0. The van der Waals surface area contributed by atoms with Gasteiger partial charge in [0.1, 0.15) is 0 Å². The number of benzene rings is 10. The molecule has 1 unspecified atom stereocenters. The number of para-hydroxylation sites is 4. The lowest BCUT2D eigenvalue weighted by molar-refractivity contribution is 0.780. The zero-order chi connectivity index (χ0) is 47.0. The van der Waals surface area contributed by atoms with E-state index in [2.05, 4.69) is 276 Å². The summed E-state index contributed by atoms with van der Waals surface area (Å²) < 4.78 is 2.39. The molecule has 1 atom stereocenters. The van der Waals surface area contributed by atoms with Gasteiger partial charge in [0.25, 0.3) is 0 Å². The average molecular weight is 908 g/mol. The summed E-state index contributed by atoms with van der Waals surface area (Å²) in [7, 11) is 0. The Morgan fingerprint density at radius 1 is 0.394 bits per heavy atom. The molecule has 336 valence electrons. The Morgan fingerprint density at radius 2 is 0.958 bits per heavy atom. The average Bonchev–Trinajstić information content (AvgIpc) is 4.05. The molecule has 1 heterocycles. The van der Waals surface area contributed by atoms with E-state index in [0.29, 0.717) is 0 Å². The smallest absolute Gasteiger partial charge is 0.0722 e. The minimum Gasteiger partial charge on any atom is -0.310 e. The second kappa shape index (κ2) is 16.4. The van der Waals surface area contributed by atoms with Crippen LogP contribution in [0.5, 0.6) is 0 Å². The first-order valence-electron chi connectivity index (χ1n) is 24.9. The van der Waals surface area contributed by atoms with Gasteiger partial charge in [-0.15, -0.1) is 0 Å². The van der Waals surface area contributed by atoms with Crippen LogP contribution in [0.2, 0.25) is 0 Å². The van der Waals surface area contributed by atoms with Gasteiger partial charge in [0.15, 0.2) is 0 Å². The second-order valence-corrected chi connectivity index (χ2v) is 19.2. The summed E-state index contributed by atoms with van der Waals surface area (Å²) in [5, 5.41) is 2.45. The van der Waals surface area contributed by atoms with Crippen molar-refractivity contribution in [3.63, 3.8) is 0 Å². The molecule has 0 saturated heterocycles.